The minimum Gasteiger partial charge on any atom is -0.454 e. The second-order valence-corrected chi connectivity index (χ2v) is 6.97. The van der Waals surface area contributed by atoms with Gasteiger partial charge in [0.15, 0.2) is 11.5 Å². The number of carbonyl (C=O) groups excluding carboxylic acids is 3. The van der Waals surface area contributed by atoms with Crippen molar-refractivity contribution >= 4 is 17.8 Å². The van der Waals surface area contributed by atoms with E-state index in [2.05, 4.69) is 5.32 Å². The number of benzene rings is 2. The molecular weight excluding hydrogens is 404 g/mol. The summed E-state index contributed by atoms with van der Waals surface area (Å²) < 4.78 is 21.2. The van der Waals surface area contributed by atoms with E-state index >= 15 is 0 Å². The van der Waals surface area contributed by atoms with E-state index in [9.17, 15) is 14.4 Å². The topological polar surface area (TPSA) is 103 Å². The number of morpholine rings is 1. The largest absolute Gasteiger partial charge is 0.454 e. The third-order valence-electron chi connectivity index (χ3n) is 4.93. The Morgan fingerprint density at radius 1 is 1.00 bits per heavy atom. The van der Waals surface area contributed by atoms with Crippen molar-refractivity contribution < 1.29 is 33.3 Å². The number of hydrogen-bond donors (Lipinski definition) is 1. The summed E-state index contributed by atoms with van der Waals surface area (Å²) in [5.74, 6) is -0.473. The fraction of sp³-hybridized carbons (Fsp3) is 0.318. The molecule has 1 N–H and O–H groups in total. The van der Waals surface area contributed by atoms with Gasteiger partial charge >= 0.3 is 5.97 Å². The van der Waals surface area contributed by atoms with E-state index in [0.717, 1.165) is 0 Å². The molecule has 0 aliphatic carbocycles. The first-order chi connectivity index (χ1) is 15.1. The Kier molecular flexibility index (Phi) is 6.32. The average molecular weight is 426 g/mol. The number of rotatable bonds is 6. The molecule has 0 aromatic heterocycles. The van der Waals surface area contributed by atoms with Crippen LogP contribution in [0.2, 0.25) is 0 Å². The van der Waals surface area contributed by atoms with Crippen LogP contribution >= 0.6 is 0 Å². The number of hydrogen-bond acceptors (Lipinski definition) is 7. The van der Waals surface area contributed by atoms with Crippen LogP contribution in [-0.2, 0) is 19.1 Å². The minimum atomic E-state index is -1.09. The van der Waals surface area contributed by atoms with Crippen LogP contribution in [0.4, 0.5) is 0 Å². The number of nitrogens with one attached hydrogen (secondary N) is 1. The molecule has 2 aliphatic rings. The highest BCUT2D eigenvalue weighted by Crippen LogP contribution is 2.32. The molecule has 31 heavy (non-hydrogen) atoms. The molecule has 2 aromatic carbocycles. The van der Waals surface area contributed by atoms with Gasteiger partial charge in [0, 0.05) is 24.2 Å². The average Bonchev–Trinajstić information content (AvgIpc) is 3.29. The predicted octanol–water partition coefficient (Wildman–Crippen LogP) is 1.29. The Labute approximate surface area is 178 Å². The predicted molar refractivity (Wildman–Crippen MR) is 108 cm³/mol. The van der Waals surface area contributed by atoms with Crippen molar-refractivity contribution in [2.24, 2.45) is 0 Å². The molecule has 0 bridgehead atoms. The van der Waals surface area contributed by atoms with Crippen molar-refractivity contribution in [2.75, 3.05) is 39.6 Å². The zero-order valence-electron chi connectivity index (χ0n) is 16.7. The van der Waals surface area contributed by atoms with Gasteiger partial charge in [-0.2, -0.15) is 0 Å². The molecule has 2 heterocycles. The van der Waals surface area contributed by atoms with Crippen LogP contribution in [0.5, 0.6) is 11.5 Å². The third kappa shape index (κ3) is 4.95. The van der Waals surface area contributed by atoms with Gasteiger partial charge in [0.1, 0.15) is 6.54 Å². The first-order valence-corrected chi connectivity index (χ1v) is 9.90. The Hall–Kier alpha value is -3.59. The maximum absolute atomic E-state index is 13.0. The molecule has 2 aromatic rings. The SMILES string of the molecule is O=C(CNC(=O)c1ccc2c(c1)OCO2)O[C@H](C(=O)N1CCOCC1)c1ccccc1. The summed E-state index contributed by atoms with van der Waals surface area (Å²) in [6, 6.07) is 13.5. The summed E-state index contributed by atoms with van der Waals surface area (Å²) in [7, 11) is 0. The lowest BCUT2D eigenvalue weighted by Gasteiger charge is -2.30. The standard InChI is InChI=1S/C22H22N2O7/c25-19(13-23-21(26)16-6-7-17-18(12-16)30-14-29-17)31-20(15-4-2-1-3-5-15)22(27)24-8-10-28-11-9-24/h1-7,12,20H,8-11,13-14H2,(H,23,26)/t20-/m0/s1. The first-order valence-electron chi connectivity index (χ1n) is 9.90. The summed E-state index contributed by atoms with van der Waals surface area (Å²) in [4.78, 5) is 39.4. The van der Waals surface area contributed by atoms with Gasteiger partial charge < -0.3 is 29.2 Å². The van der Waals surface area contributed by atoms with Gasteiger partial charge in [-0.15, -0.1) is 0 Å². The molecule has 1 fully saturated rings. The van der Waals surface area contributed by atoms with Crippen LogP contribution in [0, 0.1) is 0 Å². The second kappa shape index (κ2) is 9.48. The maximum atomic E-state index is 13.0. The molecule has 1 atom stereocenters. The van der Waals surface area contributed by atoms with Gasteiger partial charge in [0.2, 0.25) is 12.9 Å². The van der Waals surface area contributed by atoms with Gasteiger partial charge in [0.25, 0.3) is 11.8 Å². The Balaban J connectivity index is 1.39. The molecule has 0 radical (unpaired) electrons. The summed E-state index contributed by atoms with van der Waals surface area (Å²) >= 11 is 0. The molecule has 162 valence electrons. The molecule has 0 unspecified atom stereocenters. The fourth-order valence-corrected chi connectivity index (χ4v) is 3.30. The quantitative estimate of drug-likeness (QED) is 0.694. The smallest absolute Gasteiger partial charge is 0.326 e. The van der Waals surface area contributed by atoms with Crippen LogP contribution in [0.15, 0.2) is 48.5 Å². The van der Waals surface area contributed by atoms with E-state index in [4.69, 9.17) is 18.9 Å². The van der Waals surface area contributed by atoms with E-state index in [0.29, 0.717) is 48.9 Å². The molecule has 4 rings (SSSR count). The monoisotopic (exact) mass is 426 g/mol. The van der Waals surface area contributed by atoms with Gasteiger partial charge in [-0.3, -0.25) is 14.4 Å². The van der Waals surface area contributed by atoms with Gasteiger partial charge in [-0.25, -0.2) is 0 Å². The summed E-state index contributed by atoms with van der Waals surface area (Å²) in [5.41, 5.74) is 0.885. The summed E-state index contributed by atoms with van der Waals surface area (Å²) in [6.07, 6.45) is -1.09. The lowest BCUT2D eigenvalue weighted by atomic mass is 10.1. The summed E-state index contributed by atoms with van der Waals surface area (Å²) in [5, 5.41) is 2.51. The molecule has 0 spiro atoms. The lowest BCUT2D eigenvalue weighted by molar-refractivity contribution is -0.162. The first kappa shape index (κ1) is 20.7. The van der Waals surface area contributed by atoms with Crippen LogP contribution < -0.4 is 14.8 Å². The number of fused-ring (bicyclic) bond motifs is 1. The molecule has 0 saturated carbocycles. The molecule has 1 saturated heterocycles. The minimum absolute atomic E-state index is 0.102. The fourth-order valence-electron chi connectivity index (χ4n) is 3.30. The molecule has 9 nitrogen and oxygen atoms in total. The van der Waals surface area contributed by atoms with E-state index in [1.807, 2.05) is 6.07 Å². The second-order valence-electron chi connectivity index (χ2n) is 6.97. The van der Waals surface area contributed by atoms with Gasteiger partial charge in [0.05, 0.1) is 13.2 Å². The molecular formula is C22H22N2O7. The Bertz CT molecular complexity index is 958. The highest BCUT2D eigenvalue weighted by molar-refractivity contribution is 5.96. The Morgan fingerprint density at radius 2 is 1.74 bits per heavy atom. The van der Waals surface area contributed by atoms with Crippen LogP contribution in [0.3, 0.4) is 0 Å². The van der Waals surface area contributed by atoms with E-state index in [1.54, 1.807) is 41.3 Å². The van der Waals surface area contributed by atoms with E-state index in [-0.39, 0.29) is 19.2 Å². The highest BCUT2D eigenvalue weighted by atomic mass is 16.7. The van der Waals surface area contributed by atoms with Crippen molar-refractivity contribution in [1.82, 2.24) is 10.2 Å². The van der Waals surface area contributed by atoms with Crippen molar-refractivity contribution in [3.8, 4) is 11.5 Å². The lowest BCUT2D eigenvalue weighted by Crippen LogP contribution is -2.44. The van der Waals surface area contributed by atoms with Crippen LogP contribution in [-0.4, -0.2) is 62.3 Å². The number of nitrogens with zero attached hydrogens (tertiary/aromatic N) is 1. The van der Waals surface area contributed by atoms with Crippen LogP contribution in [0.25, 0.3) is 0 Å². The summed E-state index contributed by atoms with van der Waals surface area (Å²) in [6.45, 7) is 1.46. The zero-order chi connectivity index (χ0) is 21.6. The molecule has 2 amide bonds. The third-order valence-corrected chi connectivity index (χ3v) is 4.93. The number of amides is 2. The van der Waals surface area contributed by atoms with Crippen molar-refractivity contribution in [1.29, 1.82) is 0 Å². The normalized spacial score (nSPS) is 15.8. The maximum Gasteiger partial charge on any atom is 0.326 e. The van der Waals surface area contributed by atoms with Crippen LogP contribution in [0.1, 0.15) is 22.0 Å². The van der Waals surface area contributed by atoms with E-state index < -0.39 is 18.0 Å². The van der Waals surface area contributed by atoms with E-state index in [1.165, 1.54) is 6.07 Å². The number of esters is 1. The number of carbonyl (C=O) groups is 3. The van der Waals surface area contributed by atoms with Crippen molar-refractivity contribution in [3.05, 3.63) is 59.7 Å². The molecule has 9 heteroatoms. The Morgan fingerprint density at radius 3 is 2.52 bits per heavy atom. The van der Waals surface area contributed by atoms with Crippen molar-refractivity contribution in [2.45, 2.75) is 6.10 Å². The highest BCUT2D eigenvalue weighted by Gasteiger charge is 2.30. The molecule has 2 aliphatic heterocycles. The van der Waals surface area contributed by atoms with Crippen molar-refractivity contribution in [3.63, 3.8) is 0 Å². The zero-order valence-corrected chi connectivity index (χ0v) is 16.7. The van der Waals surface area contributed by atoms with Gasteiger partial charge in [-0.1, -0.05) is 30.3 Å². The number of ether oxygens (including phenoxy) is 4. The van der Waals surface area contributed by atoms with Gasteiger partial charge in [-0.05, 0) is 18.2 Å².